The van der Waals surface area contributed by atoms with E-state index in [-0.39, 0.29) is 24.2 Å². The Morgan fingerprint density at radius 1 is 1.33 bits per heavy atom. The first-order valence-corrected chi connectivity index (χ1v) is 7.15. The lowest BCUT2D eigenvalue weighted by Crippen LogP contribution is -2.50. The van der Waals surface area contributed by atoms with E-state index in [1.807, 2.05) is 45.0 Å². The first-order chi connectivity index (χ1) is 9.99. The summed E-state index contributed by atoms with van der Waals surface area (Å²) in [7, 11) is 3.87. The zero-order valence-corrected chi connectivity index (χ0v) is 13.0. The summed E-state index contributed by atoms with van der Waals surface area (Å²) >= 11 is 0. The fourth-order valence-corrected chi connectivity index (χ4v) is 2.47. The van der Waals surface area contributed by atoms with Crippen LogP contribution in [0.2, 0.25) is 0 Å². The number of hydrogen-bond acceptors (Lipinski definition) is 5. The number of nitrogens with zero attached hydrogens (tertiary/aromatic N) is 2. The van der Waals surface area contributed by atoms with Crippen LogP contribution in [0.1, 0.15) is 19.4 Å². The molecule has 0 aromatic carbocycles. The van der Waals surface area contributed by atoms with Gasteiger partial charge in [0, 0.05) is 44.5 Å². The third-order valence-corrected chi connectivity index (χ3v) is 3.64. The van der Waals surface area contributed by atoms with E-state index in [2.05, 4.69) is 26.5 Å². The zero-order valence-electron chi connectivity index (χ0n) is 13.0. The van der Waals surface area contributed by atoms with Crippen LogP contribution in [0.4, 0.5) is 10.6 Å². The van der Waals surface area contributed by atoms with Gasteiger partial charge in [0.25, 0.3) is 0 Å². The van der Waals surface area contributed by atoms with Gasteiger partial charge in [0.05, 0.1) is 6.04 Å². The second-order valence-electron chi connectivity index (χ2n) is 5.60. The van der Waals surface area contributed by atoms with Crippen LogP contribution in [-0.2, 0) is 6.54 Å². The van der Waals surface area contributed by atoms with Gasteiger partial charge in [-0.15, -0.1) is 0 Å². The highest BCUT2D eigenvalue weighted by molar-refractivity contribution is 5.74. The molecule has 2 unspecified atom stereocenters. The third-order valence-electron chi connectivity index (χ3n) is 3.64. The minimum Gasteiger partial charge on any atom is -0.362 e. The second kappa shape index (κ2) is 6.73. The van der Waals surface area contributed by atoms with Crippen molar-refractivity contribution < 1.29 is 4.79 Å². The van der Waals surface area contributed by atoms with E-state index in [4.69, 9.17) is 0 Å². The Balaban J connectivity index is 1.90. The number of hydrazine groups is 1. The van der Waals surface area contributed by atoms with Crippen LogP contribution in [0.3, 0.4) is 0 Å². The normalized spacial score (nSPS) is 24.7. The average molecular weight is 292 g/mol. The quantitative estimate of drug-likeness (QED) is 0.637. The third kappa shape index (κ3) is 3.83. The maximum absolute atomic E-state index is 12.0. The minimum atomic E-state index is -0.169. The minimum absolute atomic E-state index is 0.0622. The molecule has 0 bridgehead atoms. The molecule has 7 nitrogen and oxygen atoms in total. The van der Waals surface area contributed by atoms with Crippen molar-refractivity contribution in [2.24, 2.45) is 0 Å². The van der Waals surface area contributed by atoms with Crippen molar-refractivity contribution in [3.8, 4) is 0 Å². The number of anilines is 1. The molecule has 7 heteroatoms. The number of carbonyl (C=O) groups excluding carboxylic acids is 1. The van der Waals surface area contributed by atoms with Gasteiger partial charge in [-0.1, -0.05) is 6.07 Å². The number of rotatable bonds is 4. The summed E-state index contributed by atoms with van der Waals surface area (Å²) in [6, 6.07) is 4.12. The van der Waals surface area contributed by atoms with Gasteiger partial charge in [-0.05, 0) is 19.9 Å². The number of carbonyl (C=O) groups is 1. The molecule has 21 heavy (non-hydrogen) atoms. The molecule has 2 heterocycles. The van der Waals surface area contributed by atoms with Crippen molar-refractivity contribution in [2.75, 3.05) is 19.0 Å². The Bertz CT molecular complexity index is 482. The first-order valence-electron chi connectivity index (χ1n) is 7.15. The number of urea groups is 1. The van der Waals surface area contributed by atoms with Crippen LogP contribution in [0.5, 0.6) is 0 Å². The zero-order chi connectivity index (χ0) is 15.4. The molecule has 2 atom stereocenters. The Kier molecular flexibility index (Phi) is 4.98. The summed E-state index contributed by atoms with van der Waals surface area (Å²) in [4.78, 5) is 18.3. The van der Waals surface area contributed by atoms with Crippen molar-refractivity contribution in [3.05, 3.63) is 23.9 Å². The molecule has 1 aliphatic heterocycles. The standard InChI is InChI=1S/C14H24N6O/c1-9-12(10(2)19-18-9)17-14(21)16-8-11-6-5-7-15-13(11)20(3)4/h5-7,9-10,12,18-19H,8H2,1-4H3,(H2,16,17,21). The summed E-state index contributed by atoms with van der Waals surface area (Å²) in [5, 5.41) is 5.88. The van der Waals surface area contributed by atoms with Gasteiger partial charge in [0.15, 0.2) is 0 Å². The fraction of sp³-hybridized carbons (Fsp3) is 0.571. The van der Waals surface area contributed by atoms with Crippen molar-refractivity contribution in [1.29, 1.82) is 0 Å². The fourth-order valence-electron chi connectivity index (χ4n) is 2.47. The molecule has 0 aliphatic carbocycles. The Morgan fingerprint density at radius 2 is 2.00 bits per heavy atom. The Labute approximate surface area is 125 Å². The molecule has 4 N–H and O–H groups in total. The van der Waals surface area contributed by atoms with Gasteiger partial charge in [0.2, 0.25) is 0 Å². The largest absolute Gasteiger partial charge is 0.362 e. The molecule has 1 saturated heterocycles. The lowest BCUT2D eigenvalue weighted by molar-refractivity contribution is 0.234. The highest BCUT2D eigenvalue weighted by Crippen LogP contribution is 2.13. The van der Waals surface area contributed by atoms with Crippen LogP contribution in [-0.4, -0.2) is 43.2 Å². The number of aromatic nitrogens is 1. The summed E-state index contributed by atoms with van der Waals surface area (Å²) in [6.45, 7) is 4.52. The molecule has 116 valence electrons. The molecule has 1 aliphatic rings. The van der Waals surface area contributed by atoms with E-state index in [1.165, 1.54) is 0 Å². The SMILES string of the molecule is CC1NNC(C)C1NC(=O)NCc1cccnc1N(C)C. The van der Waals surface area contributed by atoms with Crippen molar-refractivity contribution in [2.45, 2.75) is 38.5 Å². The molecule has 1 aromatic rings. The van der Waals surface area contributed by atoms with Crippen LogP contribution >= 0.6 is 0 Å². The number of amides is 2. The number of nitrogens with one attached hydrogen (secondary N) is 4. The molecule has 1 fully saturated rings. The van der Waals surface area contributed by atoms with E-state index >= 15 is 0 Å². The summed E-state index contributed by atoms with van der Waals surface area (Å²) in [5.74, 6) is 0.865. The van der Waals surface area contributed by atoms with Gasteiger partial charge in [0.1, 0.15) is 5.82 Å². The molecule has 0 spiro atoms. The van der Waals surface area contributed by atoms with Crippen LogP contribution in [0, 0.1) is 0 Å². The lowest BCUT2D eigenvalue weighted by atomic mass is 10.1. The first kappa shape index (κ1) is 15.5. The predicted octanol–water partition coefficient (Wildman–Crippen LogP) is 0.200. The van der Waals surface area contributed by atoms with Crippen LogP contribution in [0.15, 0.2) is 18.3 Å². The van der Waals surface area contributed by atoms with Gasteiger partial charge in [-0.25, -0.2) is 9.78 Å². The van der Waals surface area contributed by atoms with Crippen LogP contribution in [0.25, 0.3) is 0 Å². The summed E-state index contributed by atoms with van der Waals surface area (Å²) in [5.41, 5.74) is 7.21. The van der Waals surface area contributed by atoms with E-state index in [0.29, 0.717) is 6.54 Å². The number of hydrogen-bond donors (Lipinski definition) is 4. The van der Waals surface area contributed by atoms with Crippen molar-refractivity contribution in [1.82, 2.24) is 26.5 Å². The molecule has 0 radical (unpaired) electrons. The highest BCUT2D eigenvalue weighted by atomic mass is 16.2. The molecular formula is C14H24N6O. The molecule has 0 saturated carbocycles. The van der Waals surface area contributed by atoms with Gasteiger partial charge in [-0.2, -0.15) is 0 Å². The Morgan fingerprint density at radius 3 is 2.62 bits per heavy atom. The van der Waals surface area contributed by atoms with Gasteiger partial charge in [-0.3, -0.25) is 10.9 Å². The van der Waals surface area contributed by atoms with Crippen molar-refractivity contribution >= 4 is 11.8 Å². The molecule has 2 amide bonds. The smallest absolute Gasteiger partial charge is 0.315 e. The second-order valence-corrected chi connectivity index (χ2v) is 5.60. The molecule has 1 aromatic heterocycles. The van der Waals surface area contributed by atoms with E-state index < -0.39 is 0 Å². The predicted molar refractivity (Wildman–Crippen MR) is 82.9 cm³/mol. The van der Waals surface area contributed by atoms with Gasteiger partial charge >= 0.3 is 6.03 Å². The van der Waals surface area contributed by atoms with E-state index in [9.17, 15) is 4.79 Å². The average Bonchev–Trinajstić information content (AvgIpc) is 2.77. The maximum atomic E-state index is 12.0. The molecular weight excluding hydrogens is 268 g/mol. The molecule has 2 rings (SSSR count). The highest BCUT2D eigenvalue weighted by Gasteiger charge is 2.30. The van der Waals surface area contributed by atoms with Crippen LogP contribution < -0.4 is 26.4 Å². The van der Waals surface area contributed by atoms with Gasteiger partial charge < -0.3 is 15.5 Å². The topological polar surface area (TPSA) is 81.3 Å². The maximum Gasteiger partial charge on any atom is 0.315 e. The summed E-state index contributed by atoms with van der Waals surface area (Å²) < 4.78 is 0. The monoisotopic (exact) mass is 292 g/mol. The Hall–Kier alpha value is -1.86. The number of pyridine rings is 1. The van der Waals surface area contributed by atoms with E-state index in [0.717, 1.165) is 11.4 Å². The van der Waals surface area contributed by atoms with Crippen molar-refractivity contribution in [3.63, 3.8) is 0 Å². The summed E-state index contributed by atoms with van der Waals surface area (Å²) in [6.07, 6.45) is 1.75. The lowest BCUT2D eigenvalue weighted by Gasteiger charge is -2.20. The van der Waals surface area contributed by atoms with E-state index in [1.54, 1.807) is 6.20 Å².